The molecule has 1 aromatic carbocycles. The van der Waals surface area contributed by atoms with E-state index in [4.69, 9.17) is 0 Å². The van der Waals surface area contributed by atoms with E-state index in [1.165, 1.54) is 5.56 Å². The Morgan fingerprint density at radius 3 is 2.68 bits per heavy atom. The number of carbonyl (C=O) groups excluding carboxylic acids is 2. The second-order valence-corrected chi connectivity index (χ2v) is 7.75. The number of aryl methyl sites for hydroxylation is 1. The number of carbonyl (C=O) groups is 2. The predicted octanol–water partition coefficient (Wildman–Crippen LogP) is -0.00590. The van der Waals surface area contributed by atoms with E-state index in [1.54, 1.807) is 4.90 Å². The molecule has 7 nitrogen and oxygen atoms in total. The quantitative estimate of drug-likeness (QED) is 0.584. The lowest BCUT2D eigenvalue weighted by molar-refractivity contribution is -0.156. The maximum Gasteiger partial charge on any atom is 0.255 e. The van der Waals surface area contributed by atoms with Crippen LogP contribution in [0.1, 0.15) is 24.8 Å². The largest absolute Gasteiger partial charge is 0.379 e. The number of aliphatic hydroxyl groups is 1. The standard InChI is InChI=1S/C21H32N4O3/c26-19(24-14-10-22-11-15-24)16-23-17-21(28)9-5-13-25(20(21)27)12-4-8-18-6-2-1-3-7-18/h1-3,6-7,22-23,28H,4-5,8-17H2/t21-/m0/s1. The minimum atomic E-state index is -1.41. The van der Waals surface area contributed by atoms with Gasteiger partial charge in [-0.15, -0.1) is 0 Å². The van der Waals surface area contributed by atoms with Crippen molar-refractivity contribution in [3.05, 3.63) is 35.9 Å². The molecule has 0 unspecified atom stereocenters. The molecule has 2 aliphatic rings. The van der Waals surface area contributed by atoms with Gasteiger partial charge >= 0.3 is 0 Å². The molecule has 7 heteroatoms. The number of piperidine rings is 1. The van der Waals surface area contributed by atoms with Crippen molar-refractivity contribution < 1.29 is 14.7 Å². The van der Waals surface area contributed by atoms with Gasteiger partial charge in [0.05, 0.1) is 6.54 Å². The molecule has 2 fully saturated rings. The minimum Gasteiger partial charge on any atom is -0.379 e. The fourth-order valence-corrected chi connectivity index (χ4v) is 3.96. The Hall–Kier alpha value is -1.96. The summed E-state index contributed by atoms with van der Waals surface area (Å²) >= 11 is 0. The molecule has 0 bridgehead atoms. The lowest BCUT2D eigenvalue weighted by atomic mass is 9.91. The summed E-state index contributed by atoms with van der Waals surface area (Å²) in [6, 6.07) is 10.2. The molecule has 3 rings (SSSR count). The molecule has 0 saturated carbocycles. The molecule has 3 N–H and O–H groups in total. The van der Waals surface area contributed by atoms with Crippen LogP contribution in [-0.4, -0.2) is 84.7 Å². The van der Waals surface area contributed by atoms with Gasteiger partial charge in [0.1, 0.15) is 0 Å². The van der Waals surface area contributed by atoms with E-state index in [1.807, 2.05) is 23.1 Å². The number of piperazine rings is 1. The van der Waals surface area contributed by atoms with Crippen molar-refractivity contribution in [1.29, 1.82) is 0 Å². The highest BCUT2D eigenvalue weighted by Gasteiger charge is 2.41. The van der Waals surface area contributed by atoms with E-state index in [0.717, 1.165) is 32.4 Å². The van der Waals surface area contributed by atoms with E-state index < -0.39 is 5.60 Å². The van der Waals surface area contributed by atoms with Crippen LogP contribution in [0.4, 0.5) is 0 Å². The first-order valence-corrected chi connectivity index (χ1v) is 10.3. The average molecular weight is 389 g/mol. The van der Waals surface area contributed by atoms with Gasteiger partial charge in [0.15, 0.2) is 5.60 Å². The monoisotopic (exact) mass is 388 g/mol. The molecule has 2 amide bonds. The van der Waals surface area contributed by atoms with Gasteiger partial charge in [-0.2, -0.15) is 0 Å². The average Bonchev–Trinajstić information content (AvgIpc) is 2.73. The minimum absolute atomic E-state index is 0.0214. The smallest absolute Gasteiger partial charge is 0.255 e. The number of likely N-dealkylation sites (tertiary alicyclic amines) is 1. The first-order chi connectivity index (χ1) is 13.6. The van der Waals surface area contributed by atoms with Crippen LogP contribution in [0.5, 0.6) is 0 Å². The normalized spacial score (nSPS) is 23.1. The molecular weight excluding hydrogens is 356 g/mol. The zero-order valence-electron chi connectivity index (χ0n) is 16.5. The third kappa shape index (κ3) is 5.53. The van der Waals surface area contributed by atoms with Crippen molar-refractivity contribution in [2.45, 2.75) is 31.3 Å². The lowest BCUT2D eigenvalue weighted by Gasteiger charge is -2.38. The highest BCUT2D eigenvalue weighted by molar-refractivity contribution is 5.86. The number of hydrogen-bond donors (Lipinski definition) is 3. The molecular formula is C21H32N4O3. The number of amides is 2. The Morgan fingerprint density at radius 2 is 1.93 bits per heavy atom. The second kappa shape index (κ2) is 10.0. The third-order valence-corrected chi connectivity index (χ3v) is 5.60. The molecule has 1 aromatic rings. The summed E-state index contributed by atoms with van der Waals surface area (Å²) in [7, 11) is 0. The van der Waals surface area contributed by atoms with E-state index in [0.29, 0.717) is 32.6 Å². The Kier molecular flexibility index (Phi) is 7.42. The van der Waals surface area contributed by atoms with Gasteiger partial charge in [-0.1, -0.05) is 30.3 Å². The topological polar surface area (TPSA) is 84.9 Å². The highest BCUT2D eigenvalue weighted by atomic mass is 16.3. The summed E-state index contributed by atoms with van der Waals surface area (Å²) in [5.41, 5.74) is -0.148. The van der Waals surface area contributed by atoms with Crippen LogP contribution in [0.15, 0.2) is 30.3 Å². The molecule has 2 aliphatic heterocycles. The summed E-state index contributed by atoms with van der Waals surface area (Å²) in [6.07, 6.45) is 3.01. The number of nitrogens with one attached hydrogen (secondary N) is 2. The first-order valence-electron chi connectivity index (χ1n) is 10.3. The fraction of sp³-hybridized carbons (Fsp3) is 0.619. The van der Waals surface area contributed by atoms with Crippen LogP contribution >= 0.6 is 0 Å². The van der Waals surface area contributed by atoms with E-state index in [2.05, 4.69) is 22.8 Å². The van der Waals surface area contributed by atoms with Crippen molar-refractivity contribution in [2.24, 2.45) is 0 Å². The van der Waals surface area contributed by atoms with E-state index in [-0.39, 0.29) is 24.9 Å². The van der Waals surface area contributed by atoms with Gasteiger partial charge < -0.3 is 25.5 Å². The first kappa shape index (κ1) is 20.8. The number of rotatable bonds is 8. The summed E-state index contributed by atoms with van der Waals surface area (Å²) in [6.45, 7) is 4.66. The maximum atomic E-state index is 12.8. The maximum absolute atomic E-state index is 12.8. The van der Waals surface area contributed by atoms with Crippen LogP contribution in [0.2, 0.25) is 0 Å². The van der Waals surface area contributed by atoms with Gasteiger partial charge in [0.2, 0.25) is 5.91 Å². The zero-order chi connectivity index (χ0) is 19.8. The number of benzene rings is 1. The van der Waals surface area contributed by atoms with Crippen molar-refractivity contribution >= 4 is 11.8 Å². The molecule has 28 heavy (non-hydrogen) atoms. The Balaban J connectivity index is 1.43. The van der Waals surface area contributed by atoms with Gasteiger partial charge in [-0.25, -0.2) is 0 Å². The van der Waals surface area contributed by atoms with E-state index >= 15 is 0 Å². The van der Waals surface area contributed by atoms with Crippen LogP contribution in [0, 0.1) is 0 Å². The molecule has 2 saturated heterocycles. The Morgan fingerprint density at radius 1 is 1.18 bits per heavy atom. The number of hydrogen-bond acceptors (Lipinski definition) is 5. The Labute approximate surface area is 167 Å². The molecule has 0 spiro atoms. The summed E-state index contributed by atoms with van der Waals surface area (Å²) < 4.78 is 0. The second-order valence-electron chi connectivity index (χ2n) is 7.75. The molecule has 154 valence electrons. The summed E-state index contributed by atoms with van der Waals surface area (Å²) in [5.74, 6) is -0.193. The van der Waals surface area contributed by atoms with Crippen LogP contribution in [0.25, 0.3) is 0 Å². The van der Waals surface area contributed by atoms with Crippen molar-refractivity contribution in [3.63, 3.8) is 0 Å². The summed E-state index contributed by atoms with van der Waals surface area (Å²) in [4.78, 5) is 28.6. The van der Waals surface area contributed by atoms with Crippen molar-refractivity contribution in [2.75, 3.05) is 52.4 Å². The number of nitrogens with zero attached hydrogens (tertiary/aromatic N) is 2. The third-order valence-electron chi connectivity index (χ3n) is 5.60. The summed E-state index contributed by atoms with van der Waals surface area (Å²) in [5, 5.41) is 17.1. The Bertz CT molecular complexity index is 648. The highest BCUT2D eigenvalue weighted by Crippen LogP contribution is 2.22. The van der Waals surface area contributed by atoms with Crippen molar-refractivity contribution in [1.82, 2.24) is 20.4 Å². The molecule has 0 radical (unpaired) electrons. The van der Waals surface area contributed by atoms with Gasteiger partial charge in [-0.3, -0.25) is 9.59 Å². The molecule has 0 aromatic heterocycles. The van der Waals surface area contributed by atoms with Crippen LogP contribution in [0.3, 0.4) is 0 Å². The zero-order valence-corrected chi connectivity index (χ0v) is 16.5. The van der Waals surface area contributed by atoms with Gasteiger partial charge in [-0.05, 0) is 31.2 Å². The predicted molar refractivity (Wildman–Crippen MR) is 108 cm³/mol. The van der Waals surface area contributed by atoms with Crippen LogP contribution in [-0.2, 0) is 16.0 Å². The lowest BCUT2D eigenvalue weighted by Crippen LogP contribution is -2.59. The van der Waals surface area contributed by atoms with E-state index in [9.17, 15) is 14.7 Å². The molecule has 1 atom stereocenters. The molecule has 0 aliphatic carbocycles. The van der Waals surface area contributed by atoms with Crippen LogP contribution < -0.4 is 10.6 Å². The molecule has 2 heterocycles. The van der Waals surface area contributed by atoms with Crippen molar-refractivity contribution in [3.8, 4) is 0 Å². The fourth-order valence-electron chi connectivity index (χ4n) is 3.96. The SMILES string of the molecule is O=C(CNC[C@@]1(O)CCCN(CCCc2ccccc2)C1=O)N1CCNCC1. The van der Waals surface area contributed by atoms with Gasteiger partial charge in [0.25, 0.3) is 5.91 Å². The van der Waals surface area contributed by atoms with Gasteiger partial charge in [0, 0.05) is 45.8 Å².